The Morgan fingerprint density at radius 1 is 1.33 bits per heavy atom. The maximum absolute atomic E-state index is 10.5. The van der Waals surface area contributed by atoms with Gasteiger partial charge < -0.3 is 0 Å². The van der Waals surface area contributed by atoms with Gasteiger partial charge in [0.25, 0.3) is 10.1 Å². The topological polar surface area (TPSA) is 54.4 Å². The molecule has 0 spiro atoms. The van der Waals surface area contributed by atoms with Crippen LogP contribution in [0.1, 0.15) is 0 Å². The van der Waals surface area contributed by atoms with E-state index in [0.29, 0.717) is 4.47 Å². The molecule has 0 atom stereocenters. The van der Waals surface area contributed by atoms with Gasteiger partial charge in [0.1, 0.15) is 0 Å². The van der Waals surface area contributed by atoms with Gasteiger partial charge in [-0.3, -0.25) is 4.55 Å². The second-order valence-corrected chi connectivity index (χ2v) is 4.27. The Morgan fingerprint density at radius 2 is 1.92 bits per heavy atom. The molecule has 0 amide bonds. The van der Waals surface area contributed by atoms with Gasteiger partial charge in [-0.05, 0) is 18.2 Å². The van der Waals surface area contributed by atoms with E-state index in [9.17, 15) is 8.42 Å². The van der Waals surface area contributed by atoms with Crippen LogP contribution in [0.4, 0.5) is 0 Å². The Hall–Kier alpha value is 0.246. The molecule has 6 heteroatoms. The molecule has 66 valence electrons. The third-order valence-corrected chi connectivity index (χ3v) is 2.44. The van der Waals surface area contributed by atoms with Crippen LogP contribution in [0, 0.1) is 0 Å². The zero-order valence-electron chi connectivity index (χ0n) is 5.36. The minimum atomic E-state index is -4.06. The number of halogens is 1. The van der Waals surface area contributed by atoms with E-state index in [1.807, 2.05) is 0 Å². The van der Waals surface area contributed by atoms with Crippen molar-refractivity contribution in [3.05, 3.63) is 28.7 Å². The van der Waals surface area contributed by atoms with E-state index in [4.69, 9.17) is 4.55 Å². The van der Waals surface area contributed by atoms with Crippen LogP contribution in [0.3, 0.4) is 0 Å². The van der Waals surface area contributed by atoms with Crippen molar-refractivity contribution in [2.75, 3.05) is 0 Å². The Labute approximate surface area is 92.1 Å². The molecule has 0 aliphatic heterocycles. The molecular formula is C6H8BrGaO3S. The molecule has 0 radical (unpaired) electrons. The average molecular weight is 310 g/mol. The number of hydrogen-bond donors (Lipinski definition) is 1. The van der Waals surface area contributed by atoms with Crippen molar-refractivity contribution in [1.82, 2.24) is 0 Å². The van der Waals surface area contributed by atoms with Crippen LogP contribution in [0.2, 0.25) is 0 Å². The summed E-state index contributed by atoms with van der Waals surface area (Å²) >= 11 is 3.08. The van der Waals surface area contributed by atoms with Crippen LogP contribution in [0.25, 0.3) is 0 Å². The minimum absolute atomic E-state index is 0. The quantitative estimate of drug-likeness (QED) is 0.607. The van der Waals surface area contributed by atoms with Gasteiger partial charge in [-0.15, -0.1) is 0 Å². The van der Waals surface area contributed by atoms with Gasteiger partial charge in [0.05, 0.1) is 4.90 Å². The molecule has 1 aromatic rings. The van der Waals surface area contributed by atoms with Gasteiger partial charge in [0.15, 0.2) is 0 Å². The van der Waals surface area contributed by atoms with Gasteiger partial charge in [0.2, 0.25) is 0 Å². The molecule has 0 unspecified atom stereocenters. The Morgan fingerprint density at radius 3 is 2.25 bits per heavy atom. The third kappa shape index (κ3) is 3.32. The summed E-state index contributed by atoms with van der Waals surface area (Å²) in [5.74, 6) is 0. The molecule has 1 N–H and O–H groups in total. The van der Waals surface area contributed by atoms with Gasteiger partial charge in [-0.2, -0.15) is 8.42 Å². The molecule has 0 heterocycles. The second kappa shape index (κ2) is 4.47. The summed E-state index contributed by atoms with van der Waals surface area (Å²) in [6.45, 7) is 0. The van der Waals surface area contributed by atoms with Crippen LogP contribution in [-0.4, -0.2) is 32.8 Å². The Balaban J connectivity index is 0.00000121. The molecule has 12 heavy (non-hydrogen) atoms. The van der Waals surface area contributed by atoms with E-state index in [-0.39, 0.29) is 24.7 Å². The third-order valence-electron chi connectivity index (χ3n) is 1.09. The standard InChI is InChI=1S/C6H5BrO3S.Ga.3H/c7-5-2-1-3-6(4-5)11(8,9)10;;;;/h1-4H,(H,8,9,10);;;;. The summed E-state index contributed by atoms with van der Waals surface area (Å²) in [4.78, 5) is -0.105. The number of hydrogen-bond acceptors (Lipinski definition) is 2. The van der Waals surface area contributed by atoms with Crippen molar-refractivity contribution in [2.45, 2.75) is 4.90 Å². The van der Waals surface area contributed by atoms with Crippen LogP contribution in [0.15, 0.2) is 33.6 Å². The predicted molar refractivity (Wildman–Crippen MR) is 53.9 cm³/mol. The van der Waals surface area contributed by atoms with Gasteiger partial charge in [-0.1, -0.05) is 22.0 Å². The summed E-state index contributed by atoms with van der Waals surface area (Å²) in [5.41, 5.74) is 0. The van der Waals surface area contributed by atoms with Crippen LogP contribution < -0.4 is 0 Å². The first-order valence-corrected chi connectivity index (χ1v) is 4.96. The molecule has 0 aromatic heterocycles. The van der Waals surface area contributed by atoms with Crippen LogP contribution in [-0.2, 0) is 10.1 Å². The van der Waals surface area contributed by atoms with E-state index in [0.717, 1.165) is 0 Å². The summed E-state index contributed by atoms with van der Waals surface area (Å²) in [6.07, 6.45) is 0. The van der Waals surface area contributed by atoms with E-state index < -0.39 is 10.1 Å². The van der Waals surface area contributed by atoms with Crippen molar-refractivity contribution in [1.29, 1.82) is 0 Å². The molecule has 0 aliphatic rings. The first kappa shape index (κ1) is 12.2. The van der Waals surface area contributed by atoms with E-state index in [1.54, 1.807) is 6.07 Å². The van der Waals surface area contributed by atoms with Crippen LogP contribution in [0.5, 0.6) is 0 Å². The molecule has 3 nitrogen and oxygen atoms in total. The predicted octanol–water partition coefficient (Wildman–Crippen LogP) is 0.512. The Bertz CT molecular complexity index is 363. The van der Waals surface area contributed by atoms with E-state index in [2.05, 4.69) is 15.9 Å². The Kier molecular flexibility index (Phi) is 4.57. The second-order valence-electron chi connectivity index (χ2n) is 1.93. The van der Waals surface area contributed by atoms with Crippen molar-refractivity contribution in [2.24, 2.45) is 0 Å². The number of benzene rings is 1. The molecule has 0 aliphatic carbocycles. The van der Waals surface area contributed by atoms with Crippen molar-refractivity contribution >= 4 is 45.8 Å². The first-order valence-electron chi connectivity index (χ1n) is 2.73. The van der Waals surface area contributed by atoms with Gasteiger partial charge in [-0.25, -0.2) is 0 Å². The number of rotatable bonds is 1. The van der Waals surface area contributed by atoms with E-state index in [1.165, 1.54) is 18.2 Å². The first-order chi connectivity index (χ1) is 5.00. The van der Waals surface area contributed by atoms with Crippen molar-refractivity contribution < 1.29 is 13.0 Å². The van der Waals surface area contributed by atoms with Crippen molar-refractivity contribution in [3.8, 4) is 0 Å². The fourth-order valence-electron chi connectivity index (χ4n) is 0.627. The molecule has 1 aromatic carbocycles. The SMILES string of the molecule is O=S(=O)(O)c1cccc(Br)c1.[GaH3]. The summed E-state index contributed by atoms with van der Waals surface area (Å²) in [6, 6.07) is 5.86. The molecule has 1 rings (SSSR count). The van der Waals surface area contributed by atoms with E-state index >= 15 is 0 Å². The molecule has 0 saturated carbocycles. The average Bonchev–Trinajstić information content (AvgIpc) is 1.86. The normalized spacial score (nSPS) is 10.5. The fraction of sp³-hybridized carbons (Fsp3) is 0. The zero-order valence-corrected chi connectivity index (χ0v) is 7.76. The molecule has 0 saturated heterocycles. The van der Waals surface area contributed by atoms with Crippen LogP contribution >= 0.6 is 15.9 Å². The molecule has 0 fully saturated rings. The van der Waals surface area contributed by atoms with Gasteiger partial charge >= 0.3 is 19.8 Å². The fourth-order valence-corrected chi connectivity index (χ4v) is 1.70. The summed E-state index contributed by atoms with van der Waals surface area (Å²) in [5, 5.41) is 0. The molecular weight excluding hydrogens is 302 g/mol. The summed E-state index contributed by atoms with van der Waals surface area (Å²) in [7, 11) is -4.06. The zero-order chi connectivity index (χ0) is 8.48. The maximum atomic E-state index is 10.5. The molecule has 0 bridgehead atoms. The van der Waals surface area contributed by atoms with Gasteiger partial charge in [0, 0.05) is 4.47 Å². The van der Waals surface area contributed by atoms with Crippen molar-refractivity contribution in [3.63, 3.8) is 0 Å². The summed E-state index contributed by atoms with van der Waals surface area (Å²) < 4.78 is 30.2. The monoisotopic (exact) mass is 308 g/mol.